The molecule has 0 aliphatic carbocycles. The number of para-hydroxylation sites is 1. The van der Waals surface area contributed by atoms with Crippen molar-refractivity contribution in [1.29, 1.82) is 0 Å². The highest BCUT2D eigenvalue weighted by Gasteiger charge is 2.11. The van der Waals surface area contributed by atoms with Gasteiger partial charge in [0, 0.05) is 12.8 Å². The molecule has 0 fully saturated rings. The number of benzene rings is 5. The molecule has 0 bridgehead atoms. The zero-order valence-electron chi connectivity index (χ0n) is 19.6. The van der Waals surface area contributed by atoms with E-state index in [1.54, 1.807) is 0 Å². The molecule has 5 aromatic rings. The minimum atomic E-state index is 0.563. The van der Waals surface area contributed by atoms with Crippen LogP contribution in [0, 0.1) is 0 Å². The summed E-state index contributed by atoms with van der Waals surface area (Å²) in [6, 6.07) is 40.8. The number of fused-ring (bicyclic) bond motifs is 1. The lowest BCUT2D eigenvalue weighted by atomic mass is 10.1. The molecule has 3 heteroatoms. The minimum absolute atomic E-state index is 0.563. The summed E-state index contributed by atoms with van der Waals surface area (Å²) < 4.78 is 18.5. The fourth-order valence-electron chi connectivity index (χ4n) is 3.99. The molecule has 174 valence electrons. The molecule has 3 nitrogen and oxygen atoms in total. The molecule has 0 aliphatic rings. The Kier molecular flexibility index (Phi) is 7.25. The Morgan fingerprint density at radius 1 is 0.429 bits per heavy atom. The fourth-order valence-corrected chi connectivity index (χ4v) is 3.99. The van der Waals surface area contributed by atoms with Gasteiger partial charge in [-0.15, -0.1) is 0 Å². The maximum Gasteiger partial charge on any atom is 0.169 e. The molecule has 0 N–H and O–H groups in total. The molecule has 5 aromatic carbocycles. The normalized spacial score (nSPS) is 10.7. The third kappa shape index (κ3) is 6.21. The van der Waals surface area contributed by atoms with Crippen LogP contribution in [0.2, 0.25) is 0 Å². The first-order valence-electron chi connectivity index (χ1n) is 12.0. The second-order valence-corrected chi connectivity index (χ2v) is 8.39. The van der Waals surface area contributed by atoms with Crippen LogP contribution in [0.1, 0.15) is 11.1 Å². The summed E-state index contributed by atoms with van der Waals surface area (Å²) in [4.78, 5) is 0. The van der Waals surface area contributed by atoms with E-state index < -0.39 is 0 Å². The first-order chi connectivity index (χ1) is 17.3. The second-order valence-electron chi connectivity index (χ2n) is 8.39. The van der Waals surface area contributed by atoms with E-state index in [-0.39, 0.29) is 0 Å². The van der Waals surface area contributed by atoms with E-state index in [0.717, 1.165) is 40.9 Å². The van der Waals surface area contributed by atoms with Gasteiger partial charge in [-0.25, -0.2) is 0 Å². The Hall–Kier alpha value is -4.24. The van der Waals surface area contributed by atoms with Crippen LogP contribution in [0.3, 0.4) is 0 Å². The average molecular weight is 461 g/mol. The molecule has 0 saturated heterocycles. The molecule has 0 radical (unpaired) electrons. The zero-order valence-corrected chi connectivity index (χ0v) is 19.6. The maximum atomic E-state index is 6.23. The highest BCUT2D eigenvalue weighted by atomic mass is 16.5. The van der Waals surface area contributed by atoms with Gasteiger partial charge in [-0.1, -0.05) is 84.9 Å². The van der Waals surface area contributed by atoms with E-state index in [1.165, 1.54) is 11.1 Å². The van der Waals surface area contributed by atoms with Gasteiger partial charge in [0.05, 0.1) is 13.2 Å². The van der Waals surface area contributed by atoms with Gasteiger partial charge >= 0.3 is 0 Å². The molecular formula is C32H28O3. The van der Waals surface area contributed by atoms with Crippen LogP contribution in [0.15, 0.2) is 121 Å². The first kappa shape index (κ1) is 22.5. The van der Waals surface area contributed by atoms with Gasteiger partial charge in [0.1, 0.15) is 11.5 Å². The Bertz CT molecular complexity index is 1350. The van der Waals surface area contributed by atoms with Gasteiger partial charge < -0.3 is 14.2 Å². The molecule has 0 spiro atoms. The lowest BCUT2D eigenvalue weighted by Crippen LogP contribution is -2.03. The number of rotatable bonds is 10. The topological polar surface area (TPSA) is 27.7 Å². The minimum Gasteiger partial charge on any atom is -0.493 e. The molecule has 0 unspecified atom stereocenters. The Labute approximate surface area is 206 Å². The molecule has 0 aliphatic heterocycles. The Balaban J connectivity index is 1.35. The van der Waals surface area contributed by atoms with Crippen LogP contribution in [0.5, 0.6) is 23.0 Å². The van der Waals surface area contributed by atoms with Crippen molar-refractivity contribution in [3.63, 3.8) is 0 Å². The van der Waals surface area contributed by atoms with E-state index in [0.29, 0.717) is 19.0 Å². The summed E-state index contributed by atoms with van der Waals surface area (Å²) in [5.41, 5.74) is 2.51. The van der Waals surface area contributed by atoms with Crippen LogP contribution in [0.4, 0.5) is 0 Å². The van der Waals surface area contributed by atoms with Crippen molar-refractivity contribution in [1.82, 2.24) is 0 Å². The van der Waals surface area contributed by atoms with Crippen molar-refractivity contribution in [3.05, 3.63) is 132 Å². The summed E-state index contributed by atoms with van der Waals surface area (Å²) >= 11 is 0. The van der Waals surface area contributed by atoms with E-state index in [1.807, 2.05) is 60.7 Å². The first-order valence-corrected chi connectivity index (χ1v) is 12.0. The van der Waals surface area contributed by atoms with E-state index >= 15 is 0 Å². The van der Waals surface area contributed by atoms with E-state index in [9.17, 15) is 0 Å². The fraction of sp³-hybridized carbons (Fsp3) is 0.125. The van der Waals surface area contributed by atoms with Crippen molar-refractivity contribution >= 4 is 10.8 Å². The van der Waals surface area contributed by atoms with Crippen molar-refractivity contribution < 1.29 is 14.2 Å². The SMILES string of the molecule is c1ccc(CCOc2ccc3cc(Oc4ccccc4)c(OCCc4ccccc4)cc3c2)cc1. The van der Waals surface area contributed by atoms with Gasteiger partial charge in [-0.05, 0) is 58.3 Å². The molecule has 0 heterocycles. The summed E-state index contributed by atoms with van der Waals surface area (Å²) in [7, 11) is 0. The van der Waals surface area contributed by atoms with Crippen LogP contribution >= 0.6 is 0 Å². The third-order valence-electron chi connectivity index (χ3n) is 5.84. The molecule has 5 rings (SSSR count). The Morgan fingerprint density at radius 3 is 1.66 bits per heavy atom. The van der Waals surface area contributed by atoms with Crippen LogP contribution in [-0.4, -0.2) is 13.2 Å². The quantitative estimate of drug-likeness (QED) is 0.212. The summed E-state index contributed by atoms with van der Waals surface area (Å²) in [6.07, 6.45) is 1.70. The smallest absolute Gasteiger partial charge is 0.169 e. The average Bonchev–Trinajstić information content (AvgIpc) is 2.91. The maximum absolute atomic E-state index is 6.23. The van der Waals surface area contributed by atoms with Gasteiger partial charge in [0.25, 0.3) is 0 Å². The number of hydrogen-bond donors (Lipinski definition) is 0. The predicted octanol–water partition coefficient (Wildman–Crippen LogP) is 7.88. The summed E-state index contributed by atoms with van der Waals surface area (Å²) in [5.74, 6) is 3.05. The standard InChI is InChI=1S/C32H28O3/c1-4-10-25(11-5-1)18-20-33-30-17-16-27-23-32(35-29-14-8-3-9-15-29)31(24-28(27)22-30)34-21-19-26-12-6-2-7-13-26/h1-17,22-24H,18-21H2. The van der Waals surface area contributed by atoms with Crippen LogP contribution < -0.4 is 14.2 Å². The van der Waals surface area contributed by atoms with Crippen molar-refractivity contribution in [2.75, 3.05) is 13.2 Å². The largest absolute Gasteiger partial charge is 0.493 e. The lowest BCUT2D eigenvalue weighted by molar-refractivity contribution is 0.306. The van der Waals surface area contributed by atoms with Gasteiger partial charge in [0.2, 0.25) is 0 Å². The van der Waals surface area contributed by atoms with Crippen molar-refractivity contribution in [2.45, 2.75) is 12.8 Å². The zero-order chi connectivity index (χ0) is 23.7. The highest BCUT2D eigenvalue weighted by molar-refractivity contribution is 5.87. The molecule has 35 heavy (non-hydrogen) atoms. The predicted molar refractivity (Wildman–Crippen MR) is 142 cm³/mol. The molecule has 0 aromatic heterocycles. The van der Waals surface area contributed by atoms with Crippen molar-refractivity contribution in [3.8, 4) is 23.0 Å². The van der Waals surface area contributed by atoms with Gasteiger partial charge in [-0.2, -0.15) is 0 Å². The monoisotopic (exact) mass is 460 g/mol. The highest BCUT2D eigenvalue weighted by Crippen LogP contribution is 2.37. The third-order valence-corrected chi connectivity index (χ3v) is 5.84. The van der Waals surface area contributed by atoms with Gasteiger partial charge in [0.15, 0.2) is 11.5 Å². The van der Waals surface area contributed by atoms with Crippen LogP contribution in [0.25, 0.3) is 10.8 Å². The van der Waals surface area contributed by atoms with Crippen LogP contribution in [-0.2, 0) is 12.8 Å². The number of ether oxygens (including phenoxy) is 3. The lowest BCUT2D eigenvalue weighted by Gasteiger charge is -2.15. The molecule has 0 amide bonds. The Morgan fingerprint density at radius 2 is 1.00 bits per heavy atom. The second kappa shape index (κ2) is 11.3. The molecule has 0 atom stereocenters. The van der Waals surface area contributed by atoms with E-state index in [4.69, 9.17) is 14.2 Å². The molecular weight excluding hydrogens is 432 g/mol. The summed E-state index contributed by atoms with van der Waals surface area (Å²) in [5, 5.41) is 2.12. The van der Waals surface area contributed by atoms with Gasteiger partial charge in [-0.3, -0.25) is 0 Å². The van der Waals surface area contributed by atoms with Crippen molar-refractivity contribution in [2.24, 2.45) is 0 Å². The molecule has 0 saturated carbocycles. The summed E-state index contributed by atoms with van der Waals surface area (Å²) in [6.45, 7) is 1.19. The number of hydrogen-bond acceptors (Lipinski definition) is 3. The van der Waals surface area contributed by atoms with E-state index in [2.05, 4.69) is 60.7 Å².